The van der Waals surface area contributed by atoms with Gasteiger partial charge in [0.25, 0.3) is 5.19 Å². The molecule has 0 amide bonds. The molecule has 0 saturated heterocycles. The van der Waals surface area contributed by atoms with E-state index in [4.69, 9.17) is 10.5 Å². The minimum absolute atomic E-state index is 0.0742. The summed E-state index contributed by atoms with van der Waals surface area (Å²) in [7, 11) is 1.63. The first-order chi connectivity index (χ1) is 6.54. The Morgan fingerprint density at radius 1 is 1.71 bits per heavy atom. The number of hydrogen-bond donors (Lipinski definition) is 1. The second-order valence-electron chi connectivity index (χ2n) is 4.57. The Labute approximate surface area is 88.3 Å². The lowest BCUT2D eigenvalue weighted by Gasteiger charge is -2.10. The van der Waals surface area contributed by atoms with Crippen molar-refractivity contribution < 1.29 is 4.74 Å². The Balaban J connectivity index is 2.08. The van der Waals surface area contributed by atoms with Crippen molar-refractivity contribution in [2.75, 3.05) is 7.11 Å². The summed E-state index contributed by atoms with van der Waals surface area (Å²) in [6.45, 7) is 4.50. The third kappa shape index (κ3) is 1.64. The lowest BCUT2D eigenvalue weighted by Crippen LogP contribution is -2.15. The van der Waals surface area contributed by atoms with Crippen LogP contribution in [0.25, 0.3) is 0 Å². The third-order valence-corrected chi connectivity index (χ3v) is 3.86. The number of aromatic nitrogens is 1. The van der Waals surface area contributed by atoms with Gasteiger partial charge in [-0.3, -0.25) is 0 Å². The van der Waals surface area contributed by atoms with Crippen molar-refractivity contribution in [3.63, 3.8) is 0 Å². The molecule has 3 nitrogen and oxygen atoms in total. The van der Waals surface area contributed by atoms with E-state index in [0.717, 1.165) is 5.69 Å². The molecule has 2 rings (SSSR count). The number of hydrogen-bond acceptors (Lipinski definition) is 4. The predicted molar refractivity (Wildman–Crippen MR) is 57.5 cm³/mol. The molecule has 2 N–H and O–H groups in total. The van der Waals surface area contributed by atoms with Crippen molar-refractivity contribution >= 4 is 11.3 Å². The molecule has 1 aliphatic carbocycles. The van der Waals surface area contributed by atoms with E-state index in [2.05, 4.69) is 18.8 Å². The van der Waals surface area contributed by atoms with Gasteiger partial charge in [-0.15, -0.1) is 0 Å². The normalized spacial score (nSPS) is 25.9. The van der Waals surface area contributed by atoms with Gasteiger partial charge in [0.05, 0.1) is 18.8 Å². The lowest BCUT2D eigenvalue weighted by atomic mass is 10.0. The summed E-state index contributed by atoms with van der Waals surface area (Å²) in [6.07, 6.45) is 1.20. The number of ether oxygens (including phenoxy) is 1. The maximum atomic E-state index is 6.13. The van der Waals surface area contributed by atoms with E-state index >= 15 is 0 Å². The standard InChI is InChI=1S/C10H16N2OS/c1-10(2)4-6(10)8(11)7-5-14-9(12-7)13-3/h5-6,8H,4,11H2,1-3H3. The summed E-state index contributed by atoms with van der Waals surface area (Å²) in [5.74, 6) is 0.578. The average molecular weight is 212 g/mol. The SMILES string of the molecule is COc1nc(C(N)C2CC2(C)C)cs1. The molecule has 2 unspecified atom stereocenters. The van der Waals surface area contributed by atoms with E-state index in [1.54, 1.807) is 7.11 Å². The molecule has 0 radical (unpaired) electrons. The maximum absolute atomic E-state index is 6.13. The molecule has 4 heteroatoms. The van der Waals surface area contributed by atoms with E-state index < -0.39 is 0 Å². The Morgan fingerprint density at radius 3 is 2.79 bits per heavy atom. The molecule has 1 saturated carbocycles. The van der Waals surface area contributed by atoms with Gasteiger partial charge in [-0.25, -0.2) is 4.98 Å². The Morgan fingerprint density at radius 2 is 2.36 bits per heavy atom. The fraction of sp³-hybridized carbons (Fsp3) is 0.700. The fourth-order valence-corrected chi connectivity index (χ4v) is 2.53. The Bertz CT molecular complexity index is 335. The van der Waals surface area contributed by atoms with Crippen LogP contribution in [0.3, 0.4) is 0 Å². The molecular weight excluding hydrogens is 196 g/mol. The lowest BCUT2D eigenvalue weighted by molar-refractivity contribution is 0.407. The summed E-state index contributed by atoms with van der Waals surface area (Å²) in [4.78, 5) is 4.33. The smallest absolute Gasteiger partial charge is 0.273 e. The number of thiazole rings is 1. The first kappa shape index (κ1) is 9.93. The zero-order chi connectivity index (χ0) is 10.3. The largest absolute Gasteiger partial charge is 0.473 e. The van der Waals surface area contributed by atoms with Crippen LogP contribution in [0.4, 0.5) is 0 Å². The highest BCUT2D eigenvalue weighted by Crippen LogP contribution is 2.57. The van der Waals surface area contributed by atoms with E-state index in [1.807, 2.05) is 5.38 Å². The van der Waals surface area contributed by atoms with E-state index in [1.165, 1.54) is 17.8 Å². The molecule has 0 aromatic carbocycles. The van der Waals surface area contributed by atoms with Crippen molar-refractivity contribution in [1.29, 1.82) is 0 Å². The highest BCUT2D eigenvalue weighted by Gasteiger charge is 2.49. The van der Waals surface area contributed by atoms with Crippen LogP contribution in [-0.2, 0) is 0 Å². The van der Waals surface area contributed by atoms with E-state index in [-0.39, 0.29) is 6.04 Å². The average Bonchev–Trinajstić information content (AvgIpc) is 2.64. The van der Waals surface area contributed by atoms with Gasteiger partial charge in [0, 0.05) is 5.38 Å². The maximum Gasteiger partial charge on any atom is 0.273 e. The highest BCUT2D eigenvalue weighted by atomic mass is 32.1. The van der Waals surface area contributed by atoms with Crippen LogP contribution in [0.2, 0.25) is 0 Å². The van der Waals surface area contributed by atoms with Gasteiger partial charge in [-0.05, 0) is 17.8 Å². The van der Waals surface area contributed by atoms with Crippen LogP contribution >= 0.6 is 11.3 Å². The van der Waals surface area contributed by atoms with E-state index in [0.29, 0.717) is 16.5 Å². The minimum Gasteiger partial charge on any atom is -0.473 e. The third-order valence-electron chi connectivity index (χ3n) is 3.04. The zero-order valence-electron chi connectivity index (χ0n) is 8.78. The minimum atomic E-state index is 0.0742. The number of nitrogens with zero attached hydrogens (tertiary/aromatic N) is 1. The summed E-state index contributed by atoms with van der Waals surface area (Å²) < 4.78 is 5.05. The summed E-state index contributed by atoms with van der Waals surface area (Å²) in [5.41, 5.74) is 7.51. The number of nitrogens with two attached hydrogens (primary N) is 1. The van der Waals surface area contributed by atoms with Gasteiger partial charge < -0.3 is 10.5 Å². The molecule has 1 fully saturated rings. The molecule has 1 aliphatic rings. The topological polar surface area (TPSA) is 48.1 Å². The fourth-order valence-electron chi connectivity index (χ4n) is 1.84. The zero-order valence-corrected chi connectivity index (χ0v) is 9.60. The first-order valence-corrected chi connectivity index (χ1v) is 5.67. The van der Waals surface area contributed by atoms with Gasteiger partial charge in [0.15, 0.2) is 0 Å². The van der Waals surface area contributed by atoms with Crippen LogP contribution in [-0.4, -0.2) is 12.1 Å². The van der Waals surface area contributed by atoms with E-state index in [9.17, 15) is 0 Å². The van der Waals surface area contributed by atoms with Crippen LogP contribution in [0, 0.1) is 11.3 Å². The molecule has 14 heavy (non-hydrogen) atoms. The first-order valence-electron chi connectivity index (χ1n) is 4.79. The van der Waals surface area contributed by atoms with Crippen LogP contribution < -0.4 is 10.5 Å². The van der Waals surface area contributed by atoms with Gasteiger partial charge in [0.2, 0.25) is 0 Å². The van der Waals surface area contributed by atoms with Gasteiger partial charge in [-0.2, -0.15) is 0 Å². The predicted octanol–water partition coefficient (Wildman–Crippen LogP) is 2.20. The highest BCUT2D eigenvalue weighted by molar-refractivity contribution is 7.11. The van der Waals surface area contributed by atoms with Gasteiger partial charge in [0.1, 0.15) is 0 Å². The van der Waals surface area contributed by atoms with Gasteiger partial charge in [-0.1, -0.05) is 25.2 Å². The summed E-state index contributed by atoms with van der Waals surface area (Å²) >= 11 is 1.51. The molecular formula is C10H16N2OS. The van der Waals surface area contributed by atoms with Crippen molar-refractivity contribution in [3.8, 4) is 5.19 Å². The molecule has 78 valence electrons. The number of methoxy groups -OCH3 is 1. The Hall–Kier alpha value is -0.610. The molecule has 1 aromatic heterocycles. The second-order valence-corrected chi connectivity index (χ2v) is 5.39. The Kier molecular flexibility index (Phi) is 2.27. The van der Waals surface area contributed by atoms with Crippen molar-refractivity contribution in [1.82, 2.24) is 4.98 Å². The van der Waals surface area contributed by atoms with Crippen molar-refractivity contribution in [2.24, 2.45) is 17.1 Å². The number of rotatable bonds is 3. The summed E-state index contributed by atoms with van der Waals surface area (Å²) in [6, 6.07) is 0.0742. The molecule has 0 bridgehead atoms. The molecule has 1 heterocycles. The second kappa shape index (κ2) is 3.21. The molecule has 0 aliphatic heterocycles. The summed E-state index contributed by atoms with van der Waals surface area (Å²) in [5, 5.41) is 2.70. The van der Waals surface area contributed by atoms with Crippen LogP contribution in [0.15, 0.2) is 5.38 Å². The van der Waals surface area contributed by atoms with Crippen LogP contribution in [0.5, 0.6) is 5.19 Å². The quantitative estimate of drug-likeness (QED) is 0.835. The van der Waals surface area contributed by atoms with Crippen molar-refractivity contribution in [3.05, 3.63) is 11.1 Å². The molecule has 1 aromatic rings. The molecule has 2 atom stereocenters. The molecule has 0 spiro atoms. The van der Waals surface area contributed by atoms with Gasteiger partial charge >= 0.3 is 0 Å². The van der Waals surface area contributed by atoms with Crippen molar-refractivity contribution in [2.45, 2.75) is 26.3 Å². The monoisotopic (exact) mass is 212 g/mol. The van der Waals surface area contributed by atoms with Crippen LogP contribution in [0.1, 0.15) is 32.0 Å².